The maximum absolute atomic E-state index is 11.6. The van der Waals surface area contributed by atoms with Crippen molar-refractivity contribution in [1.29, 1.82) is 0 Å². The van der Waals surface area contributed by atoms with E-state index in [1.807, 2.05) is 0 Å². The second-order valence-corrected chi connectivity index (χ2v) is 4.52. The van der Waals surface area contributed by atoms with Crippen LogP contribution in [0.2, 0.25) is 15.1 Å². The Morgan fingerprint density at radius 2 is 1.53 bits per heavy atom. The zero-order valence-electron chi connectivity index (χ0n) is 8.13. The average molecular weight is 286 g/mol. The summed E-state index contributed by atoms with van der Waals surface area (Å²) in [6, 6.07) is 0. The lowest BCUT2D eigenvalue weighted by Crippen LogP contribution is -2.06. The number of rotatable bonds is 2. The molecule has 0 fully saturated rings. The van der Waals surface area contributed by atoms with Crippen LogP contribution in [0.4, 0.5) is 0 Å². The molecule has 0 aliphatic carbocycles. The molecule has 0 saturated heterocycles. The largest absolute Gasteiger partial charge is 0.293 e. The first kappa shape index (κ1) is 13.1. The Morgan fingerprint density at radius 1 is 1.00 bits per heavy atom. The zero-order chi connectivity index (χ0) is 11.7. The van der Waals surface area contributed by atoms with Crippen LogP contribution in [0.25, 0.3) is 0 Å². The third-order valence-electron chi connectivity index (χ3n) is 2.27. The van der Waals surface area contributed by atoms with Gasteiger partial charge in [0, 0.05) is 5.56 Å². The Balaban J connectivity index is 3.60. The fourth-order valence-electron chi connectivity index (χ4n) is 1.29. The van der Waals surface area contributed by atoms with E-state index in [0.717, 1.165) is 11.1 Å². The molecule has 0 atom stereocenters. The maximum atomic E-state index is 11.6. The number of ketones is 1. The van der Waals surface area contributed by atoms with Crippen LogP contribution >= 0.6 is 46.4 Å². The van der Waals surface area contributed by atoms with E-state index in [9.17, 15) is 4.79 Å². The van der Waals surface area contributed by atoms with E-state index >= 15 is 0 Å². The van der Waals surface area contributed by atoms with Gasteiger partial charge in [0.15, 0.2) is 5.78 Å². The van der Waals surface area contributed by atoms with Gasteiger partial charge in [-0.25, -0.2) is 0 Å². The van der Waals surface area contributed by atoms with Gasteiger partial charge in [0.1, 0.15) is 0 Å². The molecule has 0 N–H and O–H groups in total. The van der Waals surface area contributed by atoms with Crippen molar-refractivity contribution in [2.24, 2.45) is 0 Å². The van der Waals surface area contributed by atoms with Crippen molar-refractivity contribution >= 4 is 52.2 Å². The summed E-state index contributed by atoms with van der Waals surface area (Å²) >= 11 is 23.3. The molecular formula is C10H8Cl4O. The third-order valence-corrected chi connectivity index (χ3v) is 3.94. The van der Waals surface area contributed by atoms with E-state index in [4.69, 9.17) is 46.4 Å². The Morgan fingerprint density at radius 3 is 2.00 bits per heavy atom. The van der Waals surface area contributed by atoms with Crippen molar-refractivity contribution in [2.75, 3.05) is 5.88 Å². The van der Waals surface area contributed by atoms with E-state index in [-0.39, 0.29) is 21.7 Å². The fraction of sp³-hybridized carbons (Fsp3) is 0.300. The predicted molar refractivity (Wildman–Crippen MR) is 66.0 cm³/mol. The average Bonchev–Trinajstić information content (AvgIpc) is 2.23. The van der Waals surface area contributed by atoms with E-state index in [2.05, 4.69) is 0 Å². The number of carbonyl (C=O) groups excluding carboxylic acids is 1. The van der Waals surface area contributed by atoms with E-state index in [0.29, 0.717) is 10.6 Å². The van der Waals surface area contributed by atoms with Crippen molar-refractivity contribution < 1.29 is 4.79 Å². The lowest BCUT2D eigenvalue weighted by Gasteiger charge is -2.12. The molecule has 0 amide bonds. The molecule has 1 aromatic rings. The Kier molecular flexibility index (Phi) is 4.30. The van der Waals surface area contributed by atoms with Crippen LogP contribution in [0.5, 0.6) is 0 Å². The van der Waals surface area contributed by atoms with Gasteiger partial charge in [0.05, 0.1) is 20.9 Å². The number of hydrogen-bond donors (Lipinski definition) is 0. The standard InChI is InChI=1S/C10H8Cl4O/c1-4-5(2)8(12)10(14)9(13)7(4)6(15)3-11/h3H2,1-2H3. The quantitative estimate of drug-likeness (QED) is 0.438. The summed E-state index contributed by atoms with van der Waals surface area (Å²) in [5.41, 5.74) is 1.83. The van der Waals surface area contributed by atoms with Gasteiger partial charge < -0.3 is 0 Å². The van der Waals surface area contributed by atoms with Gasteiger partial charge in [-0.15, -0.1) is 11.6 Å². The summed E-state index contributed by atoms with van der Waals surface area (Å²) in [5, 5.41) is 0.760. The first-order chi connectivity index (χ1) is 6.91. The lowest BCUT2D eigenvalue weighted by atomic mass is 10.0. The number of carbonyl (C=O) groups is 1. The van der Waals surface area contributed by atoms with Crippen LogP contribution in [0.3, 0.4) is 0 Å². The van der Waals surface area contributed by atoms with Crippen LogP contribution in [-0.4, -0.2) is 11.7 Å². The summed E-state index contributed by atoms with van der Waals surface area (Å²) in [5.74, 6) is -0.376. The van der Waals surface area contributed by atoms with Crippen LogP contribution in [0, 0.1) is 13.8 Å². The second kappa shape index (κ2) is 4.92. The first-order valence-corrected chi connectivity index (χ1v) is 5.81. The van der Waals surface area contributed by atoms with Gasteiger partial charge in [0.2, 0.25) is 0 Å². The number of alkyl halides is 1. The fourth-order valence-corrected chi connectivity index (χ4v) is 2.28. The molecule has 0 bridgehead atoms. The minimum atomic E-state index is -0.249. The first-order valence-electron chi connectivity index (χ1n) is 4.14. The highest BCUT2D eigenvalue weighted by Crippen LogP contribution is 2.38. The SMILES string of the molecule is Cc1c(C)c(C(=O)CCl)c(Cl)c(Cl)c1Cl. The normalized spacial score (nSPS) is 10.5. The topological polar surface area (TPSA) is 17.1 Å². The van der Waals surface area contributed by atoms with Crippen molar-refractivity contribution in [3.05, 3.63) is 31.8 Å². The monoisotopic (exact) mass is 284 g/mol. The molecule has 0 aromatic heterocycles. The maximum Gasteiger partial charge on any atom is 0.179 e. The molecule has 0 radical (unpaired) electrons. The van der Waals surface area contributed by atoms with E-state index < -0.39 is 0 Å². The van der Waals surface area contributed by atoms with Gasteiger partial charge >= 0.3 is 0 Å². The molecule has 0 aliphatic rings. The zero-order valence-corrected chi connectivity index (χ0v) is 11.2. The predicted octanol–water partition coefficient (Wildman–Crippen LogP) is 4.69. The second-order valence-electron chi connectivity index (χ2n) is 3.12. The smallest absolute Gasteiger partial charge is 0.179 e. The Hall–Kier alpha value is 0.0500. The molecule has 0 saturated carbocycles. The molecule has 0 heterocycles. The summed E-state index contributed by atoms with van der Waals surface area (Å²) in [4.78, 5) is 11.6. The van der Waals surface area contributed by atoms with Gasteiger partial charge in [-0.1, -0.05) is 34.8 Å². The molecule has 0 aliphatic heterocycles. The summed E-state index contributed by atoms with van der Waals surface area (Å²) < 4.78 is 0. The van der Waals surface area contributed by atoms with Crippen molar-refractivity contribution in [2.45, 2.75) is 13.8 Å². The molecule has 1 nitrogen and oxygen atoms in total. The van der Waals surface area contributed by atoms with Gasteiger partial charge in [-0.05, 0) is 25.0 Å². The number of Topliss-reactive ketones (excluding diaryl/α,β-unsaturated/α-hetero) is 1. The number of hydrogen-bond acceptors (Lipinski definition) is 1. The highest BCUT2D eigenvalue weighted by atomic mass is 35.5. The Labute approximate surface area is 108 Å². The van der Waals surface area contributed by atoms with Crippen molar-refractivity contribution in [3.63, 3.8) is 0 Å². The molecule has 1 rings (SSSR count). The summed E-state index contributed by atoms with van der Waals surface area (Å²) in [7, 11) is 0. The molecule has 0 unspecified atom stereocenters. The van der Waals surface area contributed by atoms with Crippen molar-refractivity contribution in [1.82, 2.24) is 0 Å². The molecular weight excluding hydrogens is 278 g/mol. The molecule has 0 spiro atoms. The van der Waals surface area contributed by atoms with Crippen molar-refractivity contribution in [3.8, 4) is 0 Å². The van der Waals surface area contributed by atoms with Crippen LogP contribution in [0.15, 0.2) is 0 Å². The van der Waals surface area contributed by atoms with E-state index in [1.165, 1.54) is 0 Å². The van der Waals surface area contributed by atoms with Gasteiger partial charge in [-0.3, -0.25) is 4.79 Å². The molecule has 5 heteroatoms. The van der Waals surface area contributed by atoms with Gasteiger partial charge in [0.25, 0.3) is 0 Å². The van der Waals surface area contributed by atoms with Gasteiger partial charge in [-0.2, -0.15) is 0 Å². The van der Waals surface area contributed by atoms with Crippen LogP contribution in [-0.2, 0) is 0 Å². The Bertz CT molecular complexity index is 397. The molecule has 82 valence electrons. The highest BCUT2D eigenvalue weighted by Gasteiger charge is 2.20. The number of benzene rings is 1. The minimum absolute atomic E-state index is 0.127. The molecule has 15 heavy (non-hydrogen) atoms. The lowest BCUT2D eigenvalue weighted by molar-refractivity contribution is 0.102. The molecule has 1 aromatic carbocycles. The van der Waals surface area contributed by atoms with Crippen LogP contribution < -0.4 is 0 Å². The summed E-state index contributed by atoms with van der Waals surface area (Å²) in [6.45, 7) is 3.55. The van der Waals surface area contributed by atoms with E-state index in [1.54, 1.807) is 13.8 Å². The summed E-state index contributed by atoms with van der Waals surface area (Å²) in [6.07, 6.45) is 0. The third kappa shape index (κ3) is 2.26. The minimum Gasteiger partial charge on any atom is -0.293 e. The highest BCUT2D eigenvalue weighted by molar-refractivity contribution is 6.50. The number of halogens is 4. The van der Waals surface area contributed by atoms with Crippen LogP contribution in [0.1, 0.15) is 21.5 Å².